The molecule has 148 valence electrons. The highest BCUT2D eigenvalue weighted by atomic mass is 32.2. The van der Waals surface area contributed by atoms with E-state index in [9.17, 15) is 8.42 Å². The molecule has 6 heteroatoms. The number of ether oxygens (including phenoxy) is 2. The van der Waals surface area contributed by atoms with Crippen LogP contribution in [-0.4, -0.2) is 40.5 Å². The molecule has 0 bridgehead atoms. The van der Waals surface area contributed by atoms with Crippen LogP contribution < -0.4 is 9.47 Å². The van der Waals surface area contributed by atoms with Gasteiger partial charge in [0.25, 0.3) is 0 Å². The summed E-state index contributed by atoms with van der Waals surface area (Å²) in [6.07, 6.45) is 0.580. The number of sulfonamides is 1. The predicted octanol–water partition coefficient (Wildman–Crippen LogP) is 3.86. The minimum atomic E-state index is -3.52. The van der Waals surface area contributed by atoms with Gasteiger partial charge in [-0.25, -0.2) is 12.7 Å². The summed E-state index contributed by atoms with van der Waals surface area (Å²) in [5.74, 6) is 1.29. The summed E-state index contributed by atoms with van der Waals surface area (Å²) in [6.45, 7) is 6.68. The summed E-state index contributed by atoms with van der Waals surface area (Å²) in [6, 6.07) is 12.8. The lowest BCUT2D eigenvalue weighted by molar-refractivity contribution is 0.354. The largest absolute Gasteiger partial charge is 0.493 e. The van der Waals surface area contributed by atoms with Gasteiger partial charge in [-0.15, -0.1) is 0 Å². The van der Waals surface area contributed by atoms with Crippen LogP contribution in [0.15, 0.2) is 47.4 Å². The third-order valence-electron chi connectivity index (χ3n) is 4.59. The molecule has 0 amide bonds. The molecule has 0 fully saturated rings. The molecule has 0 atom stereocenters. The van der Waals surface area contributed by atoms with E-state index in [4.69, 9.17) is 9.47 Å². The van der Waals surface area contributed by atoms with E-state index in [0.717, 1.165) is 11.1 Å². The molecule has 0 aliphatic carbocycles. The Bertz CT molecular complexity index is 868. The molecule has 0 radical (unpaired) electrons. The van der Waals surface area contributed by atoms with Crippen molar-refractivity contribution in [3.8, 4) is 11.5 Å². The van der Waals surface area contributed by atoms with Crippen LogP contribution in [0.1, 0.15) is 31.9 Å². The van der Waals surface area contributed by atoms with Crippen molar-refractivity contribution in [3.05, 3.63) is 53.6 Å². The fourth-order valence-corrected chi connectivity index (χ4v) is 3.92. The van der Waals surface area contributed by atoms with Gasteiger partial charge in [-0.1, -0.05) is 39.0 Å². The second-order valence-corrected chi connectivity index (χ2v) is 9.59. The van der Waals surface area contributed by atoms with Crippen molar-refractivity contribution in [1.82, 2.24) is 4.31 Å². The van der Waals surface area contributed by atoms with Gasteiger partial charge in [0.2, 0.25) is 10.0 Å². The lowest BCUT2D eigenvalue weighted by Gasteiger charge is -2.21. The first kappa shape index (κ1) is 21.3. The maximum absolute atomic E-state index is 12.8. The Morgan fingerprint density at radius 3 is 2.04 bits per heavy atom. The number of hydrogen-bond donors (Lipinski definition) is 0. The third-order valence-corrected chi connectivity index (χ3v) is 6.46. The monoisotopic (exact) mass is 391 g/mol. The zero-order valence-electron chi connectivity index (χ0n) is 16.9. The normalized spacial score (nSPS) is 12.3. The van der Waals surface area contributed by atoms with Crippen molar-refractivity contribution < 1.29 is 17.9 Å². The van der Waals surface area contributed by atoms with Crippen LogP contribution in [0.5, 0.6) is 11.5 Å². The molecule has 0 unspecified atom stereocenters. The molecule has 27 heavy (non-hydrogen) atoms. The topological polar surface area (TPSA) is 55.8 Å². The maximum Gasteiger partial charge on any atom is 0.242 e. The molecular formula is C21H29NO4S. The van der Waals surface area contributed by atoms with E-state index in [0.29, 0.717) is 29.4 Å². The molecule has 0 aliphatic rings. The van der Waals surface area contributed by atoms with Crippen molar-refractivity contribution in [2.75, 3.05) is 27.8 Å². The molecule has 2 aromatic carbocycles. The minimum absolute atomic E-state index is 0.0123. The Balaban J connectivity index is 2.11. The van der Waals surface area contributed by atoms with E-state index in [-0.39, 0.29) is 5.41 Å². The van der Waals surface area contributed by atoms with Crippen LogP contribution in [0.3, 0.4) is 0 Å². The Hall–Kier alpha value is -2.05. The van der Waals surface area contributed by atoms with Gasteiger partial charge in [-0.05, 0) is 47.2 Å². The molecule has 0 heterocycles. The van der Waals surface area contributed by atoms with E-state index in [2.05, 4.69) is 20.8 Å². The van der Waals surface area contributed by atoms with E-state index < -0.39 is 10.0 Å². The van der Waals surface area contributed by atoms with Crippen molar-refractivity contribution >= 4 is 10.0 Å². The standard InChI is InChI=1S/C21H29NO4S/c1-21(2,3)17-8-10-18(11-9-17)27(23,24)22(4)14-13-16-7-12-19(25-5)20(15-16)26-6/h7-12,15H,13-14H2,1-6H3. The smallest absolute Gasteiger partial charge is 0.242 e. The first-order valence-electron chi connectivity index (χ1n) is 8.87. The highest BCUT2D eigenvalue weighted by molar-refractivity contribution is 7.89. The maximum atomic E-state index is 12.8. The molecular weight excluding hydrogens is 362 g/mol. The van der Waals surface area contributed by atoms with Gasteiger partial charge in [0.05, 0.1) is 19.1 Å². The second-order valence-electron chi connectivity index (χ2n) is 7.54. The van der Waals surface area contributed by atoms with Crippen molar-refractivity contribution in [2.45, 2.75) is 37.5 Å². The summed E-state index contributed by atoms with van der Waals surface area (Å²) in [4.78, 5) is 0.310. The van der Waals surface area contributed by atoms with Crippen LogP contribution in [0.25, 0.3) is 0 Å². The van der Waals surface area contributed by atoms with Gasteiger partial charge in [0.1, 0.15) is 0 Å². The Morgan fingerprint density at radius 1 is 0.926 bits per heavy atom. The number of methoxy groups -OCH3 is 2. The fraction of sp³-hybridized carbons (Fsp3) is 0.429. The summed E-state index contributed by atoms with van der Waals surface area (Å²) in [5.41, 5.74) is 2.08. The van der Waals surface area contributed by atoms with Crippen LogP contribution in [0.2, 0.25) is 0 Å². The van der Waals surface area contributed by atoms with Crippen molar-refractivity contribution in [2.24, 2.45) is 0 Å². The van der Waals surface area contributed by atoms with E-state index >= 15 is 0 Å². The van der Waals surface area contributed by atoms with E-state index in [1.807, 2.05) is 30.3 Å². The van der Waals surface area contributed by atoms with Crippen molar-refractivity contribution in [3.63, 3.8) is 0 Å². The molecule has 0 aliphatic heterocycles. The van der Waals surface area contributed by atoms with Crippen LogP contribution >= 0.6 is 0 Å². The van der Waals surface area contributed by atoms with Crippen LogP contribution in [0.4, 0.5) is 0 Å². The third kappa shape index (κ3) is 5.02. The molecule has 0 aromatic heterocycles. The van der Waals surface area contributed by atoms with Gasteiger partial charge < -0.3 is 9.47 Å². The number of rotatable bonds is 7. The molecule has 0 spiro atoms. The summed E-state index contributed by atoms with van der Waals surface area (Å²) >= 11 is 0. The average molecular weight is 392 g/mol. The zero-order valence-corrected chi connectivity index (χ0v) is 17.8. The molecule has 2 aromatic rings. The Morgan fingerprint density at radius 2 is 1.52 bits per heavy atom. The predicted molar refractivity (Wildman–Crippen MR) is 108 cm³/mol. The highest BCUT2D eigenvalue weighted by Crippen LogP contribution is 2.28. The summed E-state index contributed by atoms with van der Waals surface area (Å²) < 4.78 is 37.6. The van der Waals surface area contributed by atoms with Gasteiger partial charge in [-0.3, -0.25) is 0 Å². The van der Waals surface area contributed by atoms with Crippen LogP contribution in [-0.2, 0) is 21.9 Å². The summed E-state index contributed by atoms with van der Waals surface area (Å²) in [7, 11) is 1.25. The first-order valence-corrected chi connectivity index (χ1v) is 10.3. The SMILES string of the molecule is COc1ccc(CCN(C)S(=O)(=O)c2ccc(C(C)(C)C)cc2)cc1OC. The van der Waals surface area contributed by atoms with Gasteiger partial charge >= 0.3 is 0 Å². The Labute approximate surface area is 163 Å². The first-order chi connectivity index (χ1) is 12.6. The zero-order chi connectivity index (χ0) is 20.2. The van der Waals surface area contributed by atoms with Crippen LogP contribution in [0, 0.1) is 0 Å². The highest BCUT2D eigenvalue weighted by Gasteiger charge is 2.22. The van der Waals surface area contributed by atoms with Gasteiger partial charge in [0.15, 0.2) is 11.5 Å². The van der Waals surface area contributed by atoms with E-state index in [1.54, 1.807) is 33.4 Å². The minimum Gasteiger partial charge on any atom is -0.493 e. The molecule has 5 nitrogen and oxygen atoms in total. The van der Waals surface area contributed by atoms with Gasteiger partial charge in [0, 0.05) is 13.6 Å². The number of likely N-dealkylation sites (N-methyl/N-ethyl adjacent to an activating group) is 1. The fourth-order valence-electron chi connectivity index (χ4n) is 2.75. The number of hydrogen-bond acceptors (Lipinski definition) is 4. The lowest BCUT2D eigenvalue weighted by Crippen LogP contribution is -2.29. The molecule has 0 N–H and O–H groups in total. The number of nitrogens with zero attached hydrogens (tertiary/aromatic N) is 1. The second kappa shape index (κ2) is 8.31. The Kier molecular flexibility index (Phi) is 6.54. The molecule has 0 saturated carbocycles. The average Bonchev–Trinajstić information content (AvgIpc) is 2.65. The molecule has 0 saturated heterocycles. The summed E-state index contributed by atoms with van der Waals surface area (Å²) in [5, 5.41) is 0. The number of benzene rings is 2. The van der Waals surface area contributed by atoms with Crippen molar-refractivity contribution in [1.29, 1.82) is 0 Å². The molecule has 2 rings (SSSR count). The lowest BCUT2D eigenvalue weighted by atomic mass is 9.87. The van der Waals surface area contributed by atoms with Gasteiger partial charge in [-0.2, -0.15) is 0 Å². The quantitative estimate of drug-likeness (QED) is 0.719. The van der Waals surface area contributed by atoms with E-state index in [1.165, 1.54) is 4.31 Å².